The lowest BCUT2D eigenvalue weighted by molar-refractivity contribution is -0.385. The Bertz CT molecular complexity index is 750. The first kappa shape index (κ1) is 16.1. The van der Waals surface area contributed by atoms with E-state index in [1.54, 1.807) is 0 Å². The van der Waals surface area contributed by atoms with Crippen molar-refractivity contribution in [2.75, 3.05) is 12.4 Å². The zero-order valence-electron chi connectivity index (χ0n) is 11.3. The van der Waals surface area contributed by atoms with Crippen molar-refractivity contribution in [3.8, 4) is 5.75 Å². The molecule has 0 atom stereocenters. The molecule has 0 aliphatic heterocycles. The fourth-order valence-corrected chi connectivity index (χ4v) is 2.28. The lowest BCUT2D eigenvalue weighted by atomic mass is 10.2. The highest BCUT2D eigenvalue weighted by molar-refractivity contribution is 6.37. The smallest absolute Gasteiger partial charge is 0.312 e. The minimum absolute atomic E-state index is 0.104. The van der Waals surface area contributed by atoms with Crippen LogP contribution in [0, 0.1) is 10.1 Å². The average molecular weight is 341 g/mol. The molecule has 2 rings (SSSR count). The fraction of sp³-hybridized carbons (Fsp3) is 0.0714. The number of nitro benzene ring substituents is 1. The molecule has 2 aromatic carbocycles. The molecule has 6 nitrogen and oxygen atoms in total. The van der Waals surface area contributed by atoms with Gasteiger partial charge in [-0.25, -0.2) is 0 Å². The van der Waals surface area contributed by atoms with Crippen LogP contribution in [0.1, 0.15) is 10.4 Å². The minimum Gasteiger partial charge on any atom is -0.490 e. The van der Waals surface area contributed by atoms with Crippen molar-refractivity contribution in [2.24, 2.45) is 0 Å². The molecule has 0 aliphatic rings. The van der Waals surface area contributed by atoms with Gasteiger partial charge in [0.15, 0.2) is 5.75 Å². The van der Waals surface area contributed by atoms with Crippen LogP contribution in [0.5, 0.6) is 5.75 Å². The Morgan fingerprint density at radius 3 is 2.55 bits per heavy atom. The largest absolute Gasteiger partial charge is 0.490 e. The van der Waals surface area contributed by atoms with E-state index in [0.29, 0.717) is 5.02 Å². The van der Waals surface area contributed by atoms with E-state index in [1.807, 2.05) is 0 Å². The van der Waals surface area contributed by atoms with Gasteiger partial charge in [0, 0.05) is 16.8 Å². The number of nitrogens with one attached hydrogen (secondary N) is 1. The molecule has 0 heterocycles. The molecule has 0 spiro atoms. The SMILES string of the molecule is COc1ccc(NC(=O)c2ccc(Cl)cc2Cl)cc1[N+](=O)[O-]. The molecule has 0 aromatic heterocycles. The van der Waals surface area contributed by atoms with E-state index in [1.165, 1.54) is 43.5 Å². The zero-order chi connectivity index (χ0) is 16.3. The molecule has 0 saturated carbocycles. The molecule has 2 aromatic rings. The zero-order valence-corrected chi connectivity index (χ0v) is 12.8. The molecule has 0 aliphatic carbocycles. The molecule has 1 amide bonds. The quantitative estimate of drug-likeness (QED) is 0.669. The van der Waals surface area contributed by atoms with Crippen LogP contribution in [0.4, 0.5) is 11.4 Å². The molecule has 8 heteroatoms. The lowest BCUT2D eigenvalue weighted by Crippen LogP contribution is -2.12. The second kappa shape index (κ2) is 6.64. The van der Waals surface area contributed by atoms with Gasteiger partial charge in [0.25, 0.3) is 5.91 Å². The number of nitro groups is 1. The van der Waals surface area contributed by atoms with Crippen LogP contribution in [0.3, 0.4) is 0 Å². The summed E-state index contributed by atoms with van der Waals surface area (Å²) in [5.41, 5.74) is 0.218. The molecular formula is C14H10Cl2N2O4. The molecule has 114 valence electrons. The summed E-state index contributed by atoms with van der Waals surface area (Å²) in [5, 5.41) is 14.1. The maximum absolute atomic E-state index is 12.1. The number of methoxy groups -OCH3 is 1. The number of nitrogens with zero attached hydrogens (tertiary/aromatic N) is 1. The number of hydrogen-bond donors (Lipinski definition) is 1. The van der Waals surface area contributed by atoms with Crippen LogP contribution >= 0.6 is 23.2 Å². The van der Waals surface area contributed by atoms with Gasteiger partial charge in [-0.05, 0) is 30.3 Å². The summed E-state index contributed by atoms with van der Waals surface area (Å²) in [6, 6.07) is 8.54. The number of anilines is 1. The highest BCUT2D eigenvalue weighted by Gasteiger charge is 2.17. The summed E-state index contributed by atoms with van der Waals surface area (Å²) in [6.07, 6.45) is 0. The van der Waals surface area contributed by atoms with Crippen LogP contribution in [0.2, 0.25) is 10.0 Å². The van der Waals surface area contributed by atoms with E-state index in [9.17, 15) is 14.9 Å². The Morgan fingerprint density at radius 2 is 1.95 bits per heavy atom. The number of halogens is 2. The van der Waals surface area contributed by atoms with E-state index in [2.05, 4.69) is 5.32 Å². The molecule has 0 saturated heterocycles. The van der Waals surface area contributed by atoms with Crippen LogP contribution < -0.4 is 10.1 Å². The first-order valence-corrected chi connectivity index (χ1v) is 6.77. The van der Waals surface area contributed by atoms with Crippen LogP contribution in [-0.2, 0) is 0 Å². The van der Waals surface area contributed by atoms with E-state index in [4.69, 9.17) is 27.9 Å². The van der Waals surface area contributed by atoms with Gasteiger partial charge in [-0.15, -0.1) is 0 Å². The Labute approximate surface area is 135 Å². The van der Waals surface area contributed by atoms with E-state index in [0.717, 1.165) is 0 Å². The van der Waals surface area contributed by atoms with Crippen LogP contribution in [0.15, 0.2) is 36.4 Å². The van der Waals surface area contributed by atoms with Gasteiger partial charge in [0.1, 0.15) is 0 Å². The maximum atomic E-state index is 12.1. The fourth-order valence-electron chi connectivity index (χ4n) is 1.78. The van der Waals surface area contributed by atoms with Crippen LogP contribution in [-0.4, -0.2) is 17.9 Å². The number of rotatable bonds is 4. The summed E-state index contributed by atoms with van der Waals surface area (Å²) < 4.78 is 4.89. The topological polar surface area (TPSA) is 81.5 Å². The summed E-state index contributed by atoms with van der Waals surface area (Å²) in [4.78, 5) is 22.5. The third-order valence-corrected chi connectivity index (χ3v) is 3.36. The third kappa shape index (κ3) is 3.47. The Morgan fingerprint density at radius 1 is 1.23 bits per heavy atom. The Kier molecular flexibility index (Phi) is 4.85. The van der Waals surface area contributed by atoms with Crippen LogP contribution in [0.25, 0.3) is 0 Å². The van der Waals surface area contributed by atoms with Crippen molar-refractivity contribution in [1.82, 2.24) is 0 Å². The second-order valence-electron chi connectivity index (χ2n) is 4.22. The summed E-state index contributed by atoms with van der Waals surface area (Å²) in [7, 11) is 1.33. The summed E-state index contributed by atoms with van der Waals surface area (Å²) in [6.45, 7) is 0. The van der Waals surface area contributed by atoms with Gasteiger partial charge in [0.2, 0.25) is 0 Å². The first-order valence-electron chi connectivity index (χ1n) is 6.01. The van der Waals surface area contributed by atoms with Gasteiger partial charge in [-0.1, -0.05) is 23.2 Å². The normalized spacial score (nSPS) is 10.1. The third-order valence-electron chi connectivity index (χ3n) is 2.81. The summed E-state index contributed by atoms with van der Waals surface area (Å²) >= 11 is 11.7. The summed E-state index contributed by atoms with van der Waals surface area (Å²) in [5.74, 6) is -0.395. The van der Waals surface area contributed by atoms with Gasteiger partial charge in [0.05, 0.1) is 22.6 Å². The monoisotopic (exact) mass is 340 g/mol. The molecule has 0 radical (unpaired) electrons. The van der Waals surface area contributed by atoms with E-state index in [-0.39, 0.29) is 27.7 Å². The minimum atomic E-state index is -0.593. The maximum Gasteiger partial charge on any atom is 0.312 e. The highest BCUT2D eigenvalue weighted by Crippen LogP contribution is 2.30. The number of carbonyl (C=O) groups is 1. The molecule has 1 N–H and O–H groups in total. The van der Waals surface area contributed by atoms with Crippen molar-refractivity contribution in [3.63, 3.8) is 0 Å². The van der Waals surface area contributed by atoms with Crippen molar-refractivity contribution < 1.29 is 14.5 Å². The van der Waals surface area contributed by atoms with Gasteiger partial charge >= 0.3 is 5.69 Å². The standard InChI is InChI=1S/C14H10Cl2N2O4/c1-22-13-5-3-9(7-12(13)18(20)21)17-14(19)10-4-2-8(15)6-11(10)16/h2-7H,1H3,(H,17,19). The Balaban J connectivity index is 2.28. The highest BCUT2D eigenvalue weighted by atomic mass is 35.5. The first-order chi connectivity index (χ1) is 10.4. The lowest BCUT2D eigenvalue weighted by Gasteiger charge is -2.08. The van der Waals surface area contributed by atoms with Crippen molar-refractivity contribution in [3.05, 3.63) is 62.1 Å². The number of carbonyl (C=O) groups excluding carboxylic acids is 1. The number of ether oxygens (including phenoxy) is 1. The second-order valence-corrected chi connectivity index (χ2v) is 5.07. The van der Waals surface area contributed by atoms with Gasteiger partial charge in [-0.3, -0.25) is 14.9 Å². The predicted molar refractivity (Wildman–Crippen MR) is 84.1 cm³/mol. The number of hydrogen-bond acceptors (Lipinski definition) is 4. The van der Waals surface area contributed by atoms with E-state index < -0.39 is 10.8 Å². The van der Waals surface area contributed by atoms with Gasteiger partial charge < -0.3 is 10.1 Å². The molecule has 0 unspecified atom stereocenters. The van der Waals surface area contributed by atoms with Crippen molar-refractivity contribution >= 4 is 40.5 Å². The molecule has 22 heavy (non-hydrogen) atoms. The predicted octanol–water partition coefficient (Wildman–Crippen LogP) is 4.16. The van der Waals surface area contributed by atoms with Crippen molar-refractivity contribution in [1.29, 1.82) is 0 Å². The Hall–Kier alpha value is -2.31. The molecule has 0 bridgehead atoms. The number of benzene rings is 2. The van der Waals surface area contributed by atoms with Crippen molar-refractivity contribution in [2.45, 2.75) is 0 Å². The molecular weight excluding hydrogens is 331 g/mol. The average Bonchev–Trinajstić information content (AvgIpc) is 2.46. The van der Waals surface area contributed by atoms with E-state index >= 15 is 0 Å². The number of amides is 1. The molecule has 0 fully saturated rings. The van der Waals surface area contributed by atoms with Gasteiger partial charge in [-0.2, -0.15) is 0 Å².